The van der Waals surface area contributed by atoms with Crippen molar-refractivity contribution >= 4 is 33.0 Å². The third-order valence-corrected chi connectivity index (χ3v) is 6.16. The van der Waals surface area contributed by atoms with E-state index in [1.54, 1.807) is 11.3 Å². The molecule has 3 heterocycles. The van der Waals surface area contributed by atoms with Gasteiger partial charge in [-0.2, -0.15) is 0 Å². The van der Waals surface area contributed by atoms with Crippen molar-refractivity contribution in [2.24, 2.45) is 0 Å². The molecule has 0 N–H and O–H groups in total. The monoisotopic (exact) mass is 367 g/mol. The van der Waals surface area contributed by atoms with E-state index in [0.717, 1.165) is 31.1 Å². The third-order valence-electron chi connectivity index (χ3n) is 5.09. The first-order chi connectivity index (χ1) is 12.5. The average molecular weight is 368 g/mol. The van der Waals surface area contributed by atoms with Crippen LogP contribution in [0.3, 0.4) is 0 Å². The van der Waals surface area contributed by atoms with Gasteiger partial charge in [-0.25, -0.2) is 0 Å². The number of carbonyl (C=O) groups excluding carboxylic acids is 1. The minimum absolute atomic E-state index is 0.172. The molecule has 1 saturated heterocycles. The number of hydrogen-bond donors (Lipinski definition) is 0. The van der Waals surface area contributed by atoms with Gasteiger partial charge in [-0.1, -0.05) is 12.1 Å². The second-order valence-electron chi connectivity index (χ2n) is 7.35. The lowest BCUT2D eigenvalue weighted by atomic mass is 10.2. The Kier molecular flexibility index (Phi) is 4.49. The van der Waals surface area contributed by atoms with E-state index in [9.17, 15) is 4.79 Å². The summed E-state index contributed by atoms with van der Waals surface area (Å²) in [5.41, 5.74) is 2.53. The molecule has 0 unspecified atom stereocenters. The molecule has 26 heavy (non-hydrogen) atoms. The molecule has 1 amide bonds. The third kappa shape index (κ3) is 3.23. The number of benzene rings is 1. The van der Waals surface area contributed by atoms with Crippen LogP contribution in [0.2, 0.25) is 0 Å². The second-order valence-corrected chi connectivity index (χ2v) is 8.43. The van der Waals surface area contributed by atoms with Gasteiger partial charge in [0, 0.05) is 55.7 Å². The van der Waals surface area contributed by atoms with Crippen LogP contribution in [0.1, 0.15) is 35.1 Å². The number of piperazine rings is 1. The van der Waals surface area contributed by atoms with Gasteiger partial charge < -0.3 is 14.4 Å². The number of carbonyl (C=O) groups is 1. The number of rotatable bonds is 3. The molecule has 3 aromatic rings. The predicted molar refractivity (Wildman–Crippen MR) is 109 cm³/mol. The van der Waals surface area contributed by atoms with Crippen LogP contribution in [0.25, 0.3) is 10.1 Å². The van der Waals surface area contributed by atoms with Crippen LogP contribution in [0.15, 0.2) is 42.7 Å². The fourth-order valence-corrected chi connectivity index (χ4v) is 4.55. The van der Waals surface area contributed by atoms with E-state index >= 15 is 0 Å². The quantitative estimate of drug-likeness (QED) is 0.679. The lowest BCUT2D eigenvalue weighted by molar-refractivity contribution is 0.0751. The molecular formula is C21H25N3OS. The molecule has 0 bridgehead atoms. The van der Waals surface area contributed by atoms with Gasteiger partial charge in [0.1, 0.15) is 0 Å². The lowest BCUT2D eigenvalue weighted by Gasteiger charge is -2.36. The van der Waals surface area contributed by atoms with E-state index in [-0.39, 0.29) is 5.91 Å². The molecule has 2 aromatic heterocycles. The summed E-state index contributed by atoms with van der Waals surface area (Å²) in [6.45, 7) is 9.79. The van der Waals surface area contributed by atoms with Gasteiger partial charge in [-0.15, -0.1) is 11.3 Å². The Balaban J connectivity index is 1.44. The van der Waals surface area contributed by atoms with Crippen molar-refractivity contribution in [1.82, 2.24) is 9.47 Å². The van der Waals surface area contributed by atoms with E-state index in [1.165, 1.54) is 21.3 Å². The summed E-state index contributed by atoms with van der Waals surface area (Å²) in [5.74, 6) is 0.172. The van der Waals surface area contributed by atoms with Gasteiger partial charge in [-0.3, -0.25) is 4.79 Å². The van der Waals surface area contributed by atoms with E-state index < -0.39 is 0 Å². The van der Waals surface area contributed by atoms with Crippen LogP contribution in [0.5, 0.6) is 0 Å². The van der Waals surface area contributed by atoms with Gasteiger partial charge in [0.05, 0.1) is 9.58 Å². The van der Waals surface area contributed by atoms with Crippen molar-refractivity contribution in [1.29, 1.82) is 0 Å². The Bertz CT molecular complexity index is 900. The molecule has 1 aliphatic rings. The van der Waals surface area contributed by atoms with Crippen LogP contribution < -0.4 is 4.90 Å². The van der Waals surface area contributed by atoms with Gasteiger partial charge in [0.25, 0.3) is 5.91 Å². The summed E-state index contributed by atoms with van der Waals surface area (Å²) in [7, 11) is 0. The molecule has 0 saturated carbocycles. The number of amides is 1. The molecule has 0 radical (unpaired) electrons. The van der Waals surface area contributed by atoms with Crippen LogP contribution >= 0.6 is 11.3 Å². The van der Waals surface area contributed by atoms with Crippen molar-refractivity contribution in [3.63, 3.8) is 0 Å². The normalized spacial score (nSPS) is 15.2. The minimum atomic E-state index is 0.172. The van der Waals surface area contributed by atoms with Gasteiger partial charge in [0.15, 0.2) is 0 Å². The van der Waals surface area contributed by atoms with Crippen molar-refractivity contribution in [2.75, 3.05) is 31.1 Å². The van der Waals surface area contributed by atoms with Gasteiger partial charge in [0.2, 0.25) is 0 Å². The van der Waals surface area contributed by atoms with E-state index in [2.05, 4.69) is 66.9 Å². The largest absolute Gasteiger partial charge is 0.368 e. The maximum absolute atomic E-state index is 12.9. The van der Waals surface area contributed by atoms with Crippen LogP contribution in [-0.2, 0) is 0 Å². The number of hydrogen-bond acceptors (Lipinski definition) is 3. The molecule has 0 spiro atoms. The van der Waals surface area contributed by atoms with Crippen LogP contribution in [0.4, 0.5) is 5.69 Å². The topological polar surface area (TPSA) is 28.5 Å². The maximum atomic E-state index is 12.9. The smallest absolute Gasteiger partial charge is 0.264 e. The minimum Gasteiger partial charge on any atom is -0.368 e. The van der Waals surface area contributed by atoms with E-state index in [4.69, 9.17) is 0 Å². The molecular weight excluding hydrogens is 342 g/mol. The van der Waals surface area contributed by atoms with Crippen molar-refractivity contribution < 1.29 is 4.79 Å². The van der Waals surface area contributed by atoms with Gasteiger partial charge >= 0.3 is 0 Å². The Hall–Kier alpha value is -2.27. The second kappa shape index (κ2) is 6.80. The highest BCUT2D eigenvalue weighted by molar-refractivity contribution is 7.20. The van der Waals surface area contributed by atoms with E-state index in [0.29, 0.717) is 6.04 Å². The highest BCUT2D eigenvalue weighted by atomic mass is 32.1. The Morgan fingerprint density at radius 2 is 1.85 bits per heavy atom. The number of anilines is 1. The first kappa shape index (κ1) is 17.2. The number of fused-ring (bicyclic) bond motifs is 1. The summed E-state index contributed by atoms with van der Waals surface area (Å²) in [6, 6.07) is 11.1. The molecule has 4 rings (SSSR count). The maximum Gasteiger partial charge on any atom is 0.264 e. The Morgan fingerprint density at radius 1 is 1.08 bits per heavy atom. The van der Waals surface area contributed by atoms with Gasteiger partial charge in [-0.05, 0) is 44.5 Å². The molecule has 136 valence electrons. The lowest BCUT2D eigenvalue weighted by Crippen LogP contribution is -2.48. The number of aromatic nitrogens is 1. The fourth-order valence-electron chi connectivity index (χ4n) is 3.51. The molecule has 0 atom stereocenters. The zero-order chi connectivity index (χ0) is 18.3. The molecule has 1 aliphatic heterocycles. The zero-order valence-electron chi connectivity index (χ0n) is 15.6. The molecule has 1 aromatic carbocycles. The Morgan fingerprint density at radius 3 is 2.50 bits per heavy atom. The van der Waals surface area contributed by atoms with Crippen molar-refractivity contribution in [2.45, 2.75) is 26.8 Å². The number of aryl methyl sites for hydroxylation is 1. The van der Waals surface area contributed by atoms with E-state index in [1.807, 2.05) is 11.0 Å². The number of thiophene rings is 1. The number of nitrogens with zero attached hydrogens (tertiary/aromatic N) is 3. The summed E-state index contributed by atoms with van der Waals surface area (Å²) in [5, 5.41) is 1.17. The predicted octanol–water partition coefficient (Wildman–Crippen LogP) is 4.55. The summed E-state index contributed by atoms with van der Waals surface area (Å²) in [4.78, 5) is 18.1. The fraction of sp³-hybridized carbons (Fsp3) is 0.381. The van der Waals surface area contributed by atoms with Crippen LogP contribution in [0, 0.1) is 6.92 Å². The standard InChI is InChI=1S/C21H25N3OS/c1-15(2)24-13-17-12-19(26-20(17)14-24)21(25)23-9-7-22(8-10-23)18-6-4-5-16(3)11-18/h4-6,11-15H,7-10H2,1-3H3. The highest BCUT2D eigenvalue weighted by Gasteiger charge is 2.24. The van der Waals surface area contributed by atoms with Crippen molar-refractivity contribution in [3.8, 4) is 0 Å². The van der Waals surface area contributed by atoms with Crippen LogP contribution in [-0.4, -0.2) is 41.6 Å². The summed E-state index contributed by atoms with van der Waals surface area (Å²) in [6.07, 6.45) is 4.29. The first-order valence-electron chi connectivity index (χ1n) is 9.23. The highest BCUT2D eigenvalue weighted by Crippen LogP contribution is 2.29. The summed E-state index contributed by atoms with van der Waals surface area (Å²) < 4.78 is 3.40. The Labute approximate surface area is 158 Å². The first-order valence-corrected chi connectivity index (χ1v) is 10.0. The molecule has 5 heteroatoms. The zero-order valence-corrected chi connectivity index (χ0v) is 16.4. The molecule has 4 nitrogen and oxygen atoms in total. The SMILES string of the molecule is Cc1cccc(N2CCN(C(=O)c3cc4cn(C(C)C)cc4s3)CC2)c1. The average Bonchev–Trinajstić information content (AvgIpc) is 3.20. The molecule has 1 fully saturated rings. The van der Waals surface area contributed by atoms with Crippen molar-refractivity contribution in [3.05, 3.63) is 53.2 Å². The molecule has 0 aliphatic carbocycles. The summed E-state index contributed by atoms with van der Waals surface area (Å²) >= 11 is 1.61.